The monoisotopic (exact) mass is 618 g/mol. The van der Waals surface area contributed by atoms with E-state index in [1.54, 1.807) is 30.5 Å². The fraction of sp³-hybridized carbons (Fsp3) is 0.258. The predicted octanol–water partition coefficient (Wildman–Crippen LogP) is 6.83. The van der Waals surface area contributed by atoms with Crippen LogP contribution in [0.2, 0.25) is 5.02 Å². The Morgan fingerprint density at radius 1 is 1.16 bits per heavy atom. The molecule has 2 N–H and O–H groups in total. The van der Waals surface area contributed by atoms with Gasteiger partial charge in [0.1, 0.15) is 11.4 Å². The van der Waals surface area contributed by atoms with E-state index < -0.39 is 4.92 Å². The molecule has 0 spiro atoms. The minimum Gasteiger partial charge on any atom is -0.496 e. The Morgan fingerprint density at radius 2 is 1.93 bits per heavy atom. The first-order valence-electron chi connectivity index (χ1n) is 13.6. The number of pyridine rings is 1. The van der Waals surface area contributed by atoms with E-state index in [-0.39, 0.29) is 29.6 Å². The van der Waals surface area contributed by atoms with Crippen molar-refractivity contribution in [1.29, 1.82) is 0 Å². The lowest BCUT2D eigenvalue weighted by molar-refractivity contribution is -0.384. The maximum absolute atomic E-state index is 12.3. The molecule has 1 aliphatic rings. The largest absolute Gasteiger partial charge is 0.496 e. The van der Waals surface area contributed by atoms with Crippen LogP contribution in [0.4, 0.5) is 17.1 Å². The Morgan fingerprint density at radius 3 is 2.56 bits per heavy atom. The van der Waals surface area contributed by atoms with Crippen molar-refractivity contribution >= 4 is 51.9 Å². The number of nitro groups is 1. The van der Waals surface area contributed by atoms with Crippen LogP contribution in [0.25, 0.3) is 5.69 Å². The number of ether oxygens (including phenoxy) is 1. The highest BCUT2D eigenvalue weighted by molar-refractivity contribution is 7.80. The second kappa shape index (κ2) is 12.0. The molecule has 10 nitrogen and oxygen atoms in total. The number of aromatic nitrogens is 2. The maximum Gasteiger partial charge on any atom is 0.296 e. The lowest BCUT2D eigenvalue weighted by Gasteiger charge is -2.28. The molecule has 0 saturated carbocycles. The van der Waals surface area contributed by atoms with Gasteiger partial charge in [0, 0.05) is 29.2 Å². The van der Waals surface area contributed by atoms with E-state index in [1.807, 2.05) is 67.5 Å². The van der Waals surface area contributed by atoms with Gasteiger partial charge in [0.2, 0.25) is 5.91 Å². The van der Waals surface area contributed by atoms with Gasteiger partial charge < -0.3 is 24.8 Å². The number of hydrogen-bond donors (Lipinski definition) is 2. The van der Waals surface area contributed by atoms with Crippen LogP contribution in [0.5, 0.6) is 5.75 Å². The van der Waals surface area contributed by atoms with Crippen molar-refractivity contribution in [3.8, 4) is 11.4 Å². The molecular formula is C31H31ClN6O4S. The number of thiocarbonyl (C=S) groups is 1. The molecule has 2 aromatic carbocycles. The normalized spacial score (nSPS) is 16.3. The third-order valence-corrected chi connectivity index (χ3v) is 8.15. The van der Waals surface area contributed by atoms with Crippen molar-refractivity contribution in [2.75, 3.05) is 17.3 Å². The van der Waals surface area contributed by atoms with Crippen molar-refractivity contribution in [3.05, 3.63) is 105 Å². The van der Waals surface area contributed by atoms with Crippen LogP contribution in [0.1, 0.15) is 48.6 Å². The molecule has 0 radical (unpaired) electrons. The molecular weight excluding hydrogens is 588 g/mol. The highest BCUT2D eigenvalue weighted by Gasteiger charge is 2.42. The zero-order chi connectivity index (χ0) is 31.0. The Bertz CT molecular complexity index is 1720. The number of aryl methyl sites for hydroxylation is 1. The van der Waals surface area contributed by atoms with E-state index in [1.165, 1.54) is 13.2 Å². The van der Waals surface area contributed by atoms with Gasteiger partial charge in [-0.3, -0.25) is 19.9 Å². The van der Waals surface area contributed by atoms with Crippen LogP contribution < -0.4 is 20.3 Å². The van der Waals surface area contributed by atoms with Gasteiger partial charge >= 0.3 is 0 Å². The topological polar surface area (TPSA) is 115 Å². The molecule has 1 aliphatic heterocycles. The second-order valence-corrected chi connectivity index (χ2v) is 11.4. The van der Waals surface area contributed by atoms with Crippen molar-refractivity contribution in [1.82, 2.24) is 14.9 Å². The molecule has 12 heteroatoms. The first-order valence-corrected chi connectivity index (χ1v) is 14.4. The van der Waals surface area contributed by atoms with E-state index in [2.05, 4.69) is 15.6 Å². The molecule has 43 heavy (non-hydrogen) atoms. The Balaban J connectivity index is 1.65. The second-order valence-electron chi connectivity index (χ2n) is 10.6. The number of methoxy groups -OCH3 is 1. The van der Waals surface area contributed by atoms with E-state index in [9.17, 15) is 14.9 Å². The van der Waals surface area contributed by atoms with Crippen molar-refractivity contribution in [3.63, 3.8) is 0 Å². The van der Waals surface area contributed by atoms with E-state index in [0.717, 1.165) is 22.6 Å². The number of nitrogens with zero attached hydrogens (tertiary/aromatic N) is 4. The third-order valence-electron chi connectivity index (χ3n) is 7.52. The average molecular weight is 619 g/mol. The number of nitrogens with one attached hydrogen (secondary N) is 2. The number of benzene rings is 2. The number of amides is 1. The lowest BCUT2D eigenvalue weighted by atomic mass is 9.96. The van der Waals surface area contributed by atoms with Gasteiger partial charge in [0.05, 0.1) is 46.6 Å². The fourth-order valence-corrected chi connectivity index (χ4v) is 5.97. The average Bonchev–Trinajstić information content (AvgIpc) is 3.48. The highest BCUT2D eigenvalue weighted by atomic mass is 35.5. The molecule has 2 aromatic heterocycles. The number of anilines is 2. The number of carbonyl (C=O) groups excluding carboxylic acids is 1. The lowest BCUT2D eigenvalue weighted by Crippen LogP contribution is -2.29. The molecule has 4 aromatic rings. The summed E-state index contributed by atoms with van der Waals surface area (Å²) < 4.78 is 7.12. The molecule has 0 aliphatic carbocycles. The van der Waals surface area contributed by atoms with Crippen LogP contribution in [0.15, 0.2) is 66.9 Å². The van der Waals surface area contributed by atoms with Crippen LogP contribution >= 0.6 is 23.8 Å². The predicted molar refractivity (Wildman–Crippen MR) is 171 cm³/mol. The van der Waals surface area contributed by atoms with Crippen LogP contribution in [-0.4, -0.2) is 32.6 Å². The Hall–Kier alpha value is -4.48. The number of rotatable bonds is 8. The van der Waals surface area contributed by atoms with Gasteiger partial charge in [0.15, 0.2) is 5.11 Å². The quantitative estimate of drug-likeness (QED) is 0.125. The summed E-state index contributed by atoms with van der Waals surface area (Å²) in [5.41, 5.74) is 4.87. The minimum absolute atomic E-state index is 0.0725. The molecule has 1 saturated heterocycles. The van der Waals surface area contributed by atoms with Gasteiger partial charge in [-0.15, -0.1) is 0 Å². The number of nitro benzene ring substituents is 1. The SMILES string of the molecule is COc1ccc(-n2c(C)cc([C@@H]3[C@H](c4ccccn4)NC(=S)N3c3ccc(NC(=O)C(C)C)c(Cl)c3)c2C)c([N+](=O)[O-])c1. The first kappa shape index (κ1) is 30.0. The van der Waals surface area contributed by atoms with Crippen LogP contribution in [-0.2, 0) is 4.79 Å². The van der Waals surface area contributed by atoms with Crippen molar-refractivity contribution in [2.24, 2.45) is 5.92 Å². The minimum atomic E-state index is -0.409. The molecule has 3 heterocycles. The molecule has 1 amide bonds. The fourth-order valence-electron chi connectivity index (χ4n) is 5.40. The zero-order valence-corrected chi connectivity index (χ0v) is 25.9. The summed E-state index contributed by atoms with van der Waals surface area (Å²) in [6.45, 7) is 7.47. The summed E-state index contributed by atoms with van der Waals surface area (Å²) in [5.74, 6) is 0.0577. The number of carbonyl (C=O) groups is 1. The summed E-state index contributed by atoms with van der Waals surface area (Å²) in [4.78, 5) is 30.6. The summed E-state index contributed by atoms with van der Waals surface area (Å²) >= 11 is 12.5. The molecule has 2 atom stereocenters. The first-order chi connectivity index (χ1) is 20.5. The highest BCUT2D eigenvalue weighted by Crippen LogP contribution is 2.45. The molecule has 0 bridgehead atoms. The zero-order valence-electron chi connectivity index (χ0n) is 24.3. The van der Waals surface area contributed by atoms with Crippen molar-refractivity contribution < 1.29 is 14.5 Å². The smallest absolute Gasteiger partial charge is 0.296 e. The number of halogens is 1. The van der Waals surface area contributed by atoms with E-state index in [0.29, 0.717) is 32.9 Å². The van der Waals surface area contributed by atoms with E-state index in [4.69, 9.17) is 28.6 Å². The van der Waals surface area contributed by atoms with Crippen LogP contribution in [0, 0.1) is 29.9 Å². The summed E-state index contributed by atoms with van der Waals surface area (Å²) in [5, 5.41) is 19.2. The Kier molecular flexibility index (Phi) is 8.38. The molecule has 0 unspecified atom stereocenters. The third kappa shape index (κ3) is 5.65. The molecule has 1 fully saturated rings. The van der Waals surface area contributed by atoms with E-state index >= 15 is 0 Å². The summed E-state index contributed by atoms with van der Waals surface area (Å²) in [7, 11) is 1.47. The molecule has 5 rings (SSSR count). The van der Waals surface area contributed by atoms with Crippen LogP contribution in [0.3, 0.4) is 0 Å². The van der Waals surface area contributed by atoms with Gasteiger partial charge in [-0.1, -0.05) is 31.5 Å². The molecule has 222 valence electrons. The maximum atomic E-state index is 12.3. The van der Waals surface area contributed by atoms with Gasteiger partial charge in [-0.05, 0) is 80.2 Å². The summed E-state index contributed by atoms with van der Waals surface area (Å²) in [6, 6.07) is 17.2. The summed E-state index contributed by atoms with van der Waals surface area (Å²) in [6.07, 6.45) is 1.73. The standard InChI is InChI=1S/C31H31ClN6O4S/c1-17(2)30(39)34-24-11-9-20(15-23(24)32)37-29(28(35-31(37)43)25-8-6-7-13-33-25)22-14-18(3)36(19(22)4)26-12-10-21(42-5)16-27(26)38(40)41/h6-17,28-29H,1-5H3,(H,34,39)(H,35,43)/t28-,29+/m0/s1. The van der Waals surface area contributed by atoms with Gasteiger partial charge in [0.25, 0.3) is 5.69 Å². The number of hydrogen-bond acceptors (Lipinski definition) is 6. The van der Waals surface area contributed by atoms with Gasteiger partial charge in [-0.2, -0.15) is 0 Å². The van der Waals surface area contributed by atoms with Gasteiger partial charge in [-0.25, -0.2) is 0 Å². The van der Waals surface area contributed by atoms with Crippen molar-refractivity contribution in [2.45, 2.75) is 39.8 Å². The Labute approximate surface area is 259 Å².